The van der Waals surface area contributed by atoms with Gasteiger partial charge in [0.15, 0.2) is 6.20 Å². The maximum atomic E-state index is 2.41. The number of hydrogen-bond acceptors (Lipinski definition) is 2. The summed E-state index contributed by atoms with van der Waals surface area (Å²) in [6, 6.07) is 24.0. The first-order valence-corrected chi connectivity index (χ1v) is 12.5. The number of fused-ring (bicyclic) bond motifs is 4. The molecule has 3 heteroatoms. The molecular formula is C30H29N2S+. The summed E-state index contributed by atoms with van der Waals surface area (Å²) < 4.78 is 2.29. The fraction of sp³-hybridized carbons (Fsp3) is 0.167. The number of pyridine rings is 1. The van der Waals surface area contributed by atoms with Gasteiger partial charge in [-0.2, -0.15) is 4.57 Å². The van der Waals surface area contributed by atoms with Crippen LogP contribution in [0.4, 0.5) is 5.69 Å². The standard InChI is InChI=1S/C30H29N2S/c1-4-31-21-20-24(25-11-8-9-13-27(25)31)16-14-22(3)15-19-29-32(5-2)28-18-17-23-10-6-7-12-26(23)30(28)33-29/h6-21H,4-5H2,1-3H3/q+1. The van der Waals surface area contributed by atoms with Crippen molar-refractivity contribution in [2.45, 2.75) is 32.2 Å². The second-order valence-electron chi connectivity index (χ2n) is 8.30. The first-order chi connectivity index (χ1) is 16.2. The first-order valence-electron chi connectivity index (χ1n) is 11.6. The minimum atomic E-state index is 0.959. The third-order valence-corrected chi connectivity index (χ3v) is 7.45. The molecule has 2 nitrogen and oxygen atoms in total. The summed E-state index contributed by atoms with van der Waals surface area (Å²) in [5.41, 5.74) is 5.07. The van der Waals surface area contributed by atoms with E-state index in [9.17, 15) is 0 Å². The van der Waals surface area contributed by atoms with E-state index in [4.69, 9.17) is 0 Å². The predicted molar refractivity (Wildman–Crippen MR) is 144 cm³/mol. The average Bonchev–Trinajstić information content (AvgIpc) is 3.24. The van der Waals surface area contributed by atoms with E-state index in [0.29, 0.717) is 0 Å². The highest BCUT2D eigenvalue weighted by atomic mass is 32.2. The molecule has 5 rings (SSSR count). The Morgan fingerprint density at radius 2 is 1.73 bits per heavy atom. The quantitative estimate of drug-likeness (QED) is 0.227. The molecule has 3 aromatic carbocycles. The number of hydrogen-bond donors (Lipinski definition) is 0. The van der Waals surface area contributed by atoms with Crippen molar-refractivity contribution in [3.8, 4) is 0 Å². The SMILES string of the molecule is CCN1/C(=C/C=C(C)/C=C/c2cc[n+](CC)c3ccccc23)Sc2c1ccc1ccccc21. The lowest BCUT2D eigenvalue weighted by atomic mass is 10.1. The normalized spacial score (nSPS) is 15.3. The fourth-order valence-electron chi connectivity index (χ4n) is 4.49. The molecule has 1 aromatic heterocycles. The smallest absolute Gasteiger partial charge is 0.213 e. The van der Waals surface area contributed by atoms with Crippen LogP contribution in [-0.4, -0.2) is 6.54 Å². The summed E-state index contributed by atoms with van der Waals surface area (Å²) in [6.45, 7) is 8.51. The van der Waals surface area contributed by atoms with Crippen LogP contribution < -0.4 is 9.47 Å². The van der Waals surface area contributed by atoms with Gasteiger partial charge < -0.3 is 4.90 Å². The van der Waals surface area contributed by atoms with Gasteiger partial charge in [0, 0.05) is 23.6 Å². The van der Waals surface area contributed by atoms with Gasteiger partial charge in [0.05, 0.1) is 16.1 Å². The van der Waals surface area contributed by atoms with Crippen LogP contribution in [0.5, 0.6) is 0 Å². The van der Waals surface area contributed by atoms with Gasteiger partial charge in [0.25, 0.3) is 0 Å². The van der Waals surface area contributed by atoms with E-state index in [1.165, 1.54) is 48.4 Å². The van der Waals surface area contributed by atoms with Crippen LogP contribution in [0.3, 0.4) is 0 Å². The molecule has 0 radical (unpaired) electrons. The molecule has 0 N–H and O–H groups in total. The molecule has 0 atom stereocenters. The van der Waals surface area contributed by atoms with Gasteiger partial charge >= 0.3 is 0 Å². The Morgan fingerprint density at radius 1 is 0.939 bits per heavy atom. The largest absolute Gasteiger partial charge is 0.335 e. The molecule has 0 amide bonds. The van der Waals surface area contributed by atoms with Gasteiger partial charge in [0.1, 0.15) is 6.54 Å². The third kappa shape index (κ3) is 4.09. The number of aryl methyl sites for hydroxylation is 1. The van der Waals surface area contributed by atoms with Crippen LogP contribution in [0.25, 0.3) is 27.8 Å². The van der Waals surface area contributed by atoms with Crippen molar-refractivity contribution < 1.29 is 4.57 Å². The van der Waals surface area contributed by atoms with E-state index < -0.39 is 0 Å². The minimum absolute atomic E-state index is 0.959. The number of rotatable bonds is 5. The highest BCUT2D eigenvalue weighted by Crippen LogP contribution is 2.49. The van der Waals surface area contributed by atoms with Crippen molar-refractivity contribution in [2.24, 2.45) is 0 Å². The molecule has 0 bridgehead atoms. The fourth-order valence-corrected chi connectivity index (χ4v) is 5.75. The summed E-state index contributed by atoms with van der Waals surface area (Å²) >= 11 is 1.88. The number of para-hydroxylation sites is 1. The maximum Gasteiger partial charge on any atom is 0.213 e. The number of benzene rings is 3. The Labute approximate surface area is 200 Å². The summed E-state index contributed by atoms with van der Waals surface area (Å²) in [6.07, 6.45) is 11.1. The number of nitrogens with zero attached hydrogens (tertiary/aromatic N) is 2. The molecule has 0 unspecified atom stereocenters. The molecule has 164 valence electrons. The number of allylic oxidation sites excluding steroid dienone is 4. The van der Waals surface area contributed by atoms with Crippen LogP contribution in [0.2, 0.25) is 0 Å². The highest BCUT2D eigenvalue weighted by molar-refractivity contribution is 8.04. The summed E-state index contributed by atoms with van der Waals surface area (Å²) in [5, 5.41) is 5.21. The van der Waals surface area contributed by atoms with Gasteiger partial charge in [0.2, 0.25) is 5.52 Å². The summed E-state index contributed by atoms with van der Waals surface area (Å²) in [7, 11) is 0. The monoisotopic (exact) mass is 449 g/mol. The maximum absolute atomic E-state index is 2.41. The lowest BCUT2D eigenvalue weighted by Crippen LogP contribution is -2.32. The van der Waals surface area contributed by atoms with Crippen molar-refractivity contribution in [2.75, 3.05) is 11.4 Å². The molecule has 4 aromatic rings. The molecule has 0 fully saturated rings. The van der Waals surface area contributed by atoms with Crippen molar-refractivity contribution in [1.82, 2.24) is 0 Å². The van der Waals surface area contributed by atoms with Crippen LogP contribution in [0.15, 0.2) is 107 Å². The van der Waals surface area contributed by atoms with E-state index in [1.54, 1.807) is 0 Å². The van der Waals surface area contributed by atoms with Crippen LogP contribution in [0.1, 0.15) is 26.3 Å². The van der Waals surface area contributed by atoms with Crippen molar-refractivity contribution in [3.63, 3.8) is 0 Å². The van der Waals surface area contributed by atoms with Gasteiger partial charge in [-0.15, -0.1) is 0 Å². The number of anilines is 1. The molecular weight excluding hydrogens is 420 g/mol. The van der Waals surface area contributed by atoms with Gasteiger partial charge in [-0.1, -0.05) is 78.0 Å². The zero-order chi connectivity index (χ0) is 22.8. The summed E-state index contributed by atoms with van der Waals surface area (Å²) in [4.78, 5) is 3.77. The predicted octanol–water partition coefficient (Wildman–Crippen LogP) is 7.73. The molecule has 2 heterocycles. The Balaban J connectivity index is 1.43. The van der Waals surface area contributed by atoms with Crippen LogP contribution >= 0.6 is 11.8 Å². The second kappa shape index (κ2) is 9.29. The zero-order valence-corrected chi connectivity index (χ0v) is 20.3. The van der Waals surface area contributed by atoms with E-state index in [2.05, 4.69) is 127 Å². The van der Waals surface area contributed by atoms with E-state index in [-0.39, 0.29) is 0 Å². The minimum Gasteiger partial charge on any atom is -0.335 e. The van der Waals surface area contributed by atoms with Crippen molar-refractivity contribution in [3.05, 3.63) is 107 Å². The average molecular weight is 450 g/mol. The lowest BCUT2D eigenvalue weighted by molar-refractivity contribution is -0.667. The third-order valence-electron chi connectivity index (χ3n) is 6.25. The van der Waals surface area contributed by atoms with Crippen LogP contribution in [-0.2, 0) is 6.54 Å². The van der Waals surface area contributed by atoms with Gasteiger partial charge in [-0.05, 0) is 55.3 Å². The van der Waals surface area contributed by atoms with E-state index in [1.807, 2.05) is 11.8 Å². The van der Waals surface area contributed by atoms with Crippen molar-refractivity contribution >= 4 is 45.2 Å². The molecule has 0 aliphatic carbocycles. The lowest BCUT2D eigenvalue weighted by Gasteiger charge is -2.17. The molecule has 0 saturated carbocycles. The number of thioether (sulfide) groups is 1. The molecule has 0 spiro atoms. The topological polar surface area (TPSA) is 7.12 Å². The molecule has 0 saturated heterocycles. The Hall–Kier alpha value is -3.30. The zero-order valence-electron chi connectivity index (χ0n) is 19.5. The van der Waals surface area contributed by atoms with Crippen molar-refractivity contribution in [1.29, 1.82) is 0 Å². The van der Waals surface area contributed by atoms with E-state index >= 15 is 0 Å². The summed E-state index contributed by atoms with van der Waals surface area (Å²) in [5.74, 6) is 0. The Kier molecular flexibility index (Phi) is 6.06. The second-order valence-corrected chi connectivity index (χ2v) is 9.34. The highest BCUT2D eigenvalue weighted by Gasteiger charge is 2.25. The Morgan fingerprint density at radius 3 is 2.55 bits per heavy atom. The Bertz CT molecular complexity index is 1430. The molecule has 1 aliphatic rings. The van der Waals surface area contributed by atoms with E-state index in [0.717, 1.165) is 13.1 Å². The first kappa shape index (κ1) is 21.5. The van der Waals surface area contributed by atoms with Gasteiger partial charge in [-0.3, -0.25) is 0 Å². The molecule has 33 heavy (non-hydrogen) atoms. The molecule has 1 aliphatic heterocycles. The van der Waals surface area contributed by atoms with Crippen LogP contribution in [0, 0.1) is 0 Å². The number of aromatic nitrogens is 1. The van der Waals surface area contributed by atoms with Gasteiger partial charge in [-0.25, -0.2) is 0 Å².